The molecule has 5 aliphatic carbocycles. The second kappa shape index (κ2) is 2.74. The van der Waals surface area contributed by atoms with Gasteiger partial charge in [-0.1, -0.05) is 30.3 Å². The van der Waals surface area contributed by atoms with Crippen molar-refractivity contribution in [2.24, 2.45) is 47.3 Å². The van der Waals surface area contributed by atoms with E-state index in [0.717, 1.165) is 53.9 Å². The lowest BCUT2D eigenvalue weighted by Gasteiger charge is -2.46. The van der Waals surface area contributed by atoms with Gasteiger partial charge in [0.15, 0.2) is 0 Å². The monoisotopic (exact) mass is 265 g/mol. The summed E-state index contributed by atoms with van der Waals surface area (Å²) in [6.07, 6.45) is 2.19. The Balaban J connectivity index is 1.29. The molecule has 7 aliphatic rings. The first-order chi connectivity index (χ1) is 9.90. The quantitative estimate of drug-likeness (QED) is 0.905. The molecular formula is C18H19NO. The first-order valence-corrected chi connectivity index (χ1v) is 8.37. The van der Waals surface area contributed by atoms with E-state index in [4.69, 9.17) is 4.74 Å². The van der Waals surface area contributed by atoms with Crippen molar-refractivity contribution < 1.29 is 4.74 Å². The molecule has 0 aromatic heterocycles. The van der Waals surface area contributed by atoms with Crippen molar-refractivity contribution in [3.05, 3.63) is 35.9 Å². The van der Waals surface area contributed by atoms with Crippen LogP contribution in [0.5, 0.6) is 0 Å². The van der Waals surface area contributed by atoms with Crippen LogP contribution in [0.15, 0.2) is 30.3 Å². The fourth-order valence-corrected chi connectivity index (χ4v) is 8.13. The minimum Gasteiger partial charge on any atom is -0.356 e. The fraction of sp³-hybridized carbons (Fsp3) is 0.667. The molecule has 5 saturated carbocycles. The Bertz CT molecular complexity index is 620. The lowest BCUT2D eigenvalue weighted by molar-refractivity contribution is -0.0591. The molecule has 2 heteroatoms. The number of nitrogens with one attached hydrogen (secondary N) is 1. The largest absolute Gasteiger partial charge is 0.356 e. The van der Waals surface area contributed by atoms with Crippen LogP contribution < -0.4 is 5.32 Å². The van der Waals surface area contributed by atoms with Gasteiger partial charge in [0.05, 0.1) is 6.10 Å². The van der Waals surface area contributed by atoms with E-state index in [9.17, 15) is 0 Å². The first kappa shape index (κ1) is 9.97. The maximum Gasteiger partial charge on any atom is 0.126 e. The van der Waals surface area contributed by atoms with E-state index in [1.54, 1.807) is 6.42 Å². The summed E-state index contributed by atoms with van der Waals surface area (Å²) in [6.45, 7) is 0.981. The molecule has 2 heterocycles. The Labute approximate surface area is 118 Å². The van der Waals surface area contributed by atoms with Crippen molar-refractivity contribution in [2.75, 3.05) is 0 Å². The highest BCUT2D eigenvalue weighted by Crippen LogP contribution is 2.89. The lowest BCUT2D eigenvalue weighted by atomic mass is 9.59. The Morgan fingerprint density at radius 2 is 1.90 bits per heavy atom. The number of hydrogen-bond donors (Lipinski definition) is 1. The van der Waals surface area contributed by atoms with Crippen LogP contribution in [0.1, 0.15) is 12.0 Å². The Hall–Kier alpha value is -0.860. The van der Waals surface area contributed by atoms with Crippen molar-refractivity contribution in [3.63, 3.8) is 0 Å². The molecule has 2 aliphatic heterocycles. The Morgan fingerprint density at radius 3 is 2.80 bits per heavy atom. The summed E-state index contributed by atoms with van der Waals surface area (Å²) >= 11 is 0. The molecular weight excluding hydrogens is 246 g/mol. The van der Waals surface area contributed by atoms with E-state index in [2.05, 4.69) is 35.6 Å². The molecule has 1 N–H and O–H groups in total. The molecule has 2 nitrogen and oxygen atoms in total. The van der Waals surface area contributed by atoms with E-state index in [-0.39, 0.29) is 5.72 Å². The number of rotatable bonds is 3. The molecule has 8 rings (SSSR count). The molecule has 0 spiro atoms. The third-order valence-corrected chi connectivity index (χ3v) is 8.11. The van der Waals surface area contributed by atoms with Gasteiger partial charge in [-0.05, 0) is 47.5 Å². The second-order valence-corrected chi connectivity index (χ2v) is 8.14. The molecule has 0 unspecified atom stereocenters. The predicted molar refractivity (Wildman–Crippen MR) is 73.4 cm³/mol. The van der Waals surface area contributed by atoms with Crippen LogP contribution in [0.3, 0.4) is 0 Å². The zero-order chi connectivity index (χ0) is 12.6. The first-order valence-electron chi connectivity index (χ1n) is 8.37. The van der Waals surface area contributed by atoms with Gasteiger partial charge in [0.2, 0.25) is 0 Å². The SMILES string of the molecule is c1ccc(CN[C@@]23O[C@H]4[C@@H]5[C@@H]6[C@H]7C[C@@H]([C@@H]6[C@H]52)[C@@H]3[C@@H]74)cc1. The van der Waals surface area contributed by atoms with Gasteiger partial charge in [0.25, 0.3) is 0 Å². The van der Waals surface area contributed by atoms with Crippen molar-refractivity contribution in [3.8, 4) is 0 Å². The van der Waals surface area contributed by atoms with E-state index in [0.29, 0.717) is 6.10 Å². The van der Waals surface area contributed by atoms with Gasteiger partial charge in [-0.15, -0.1) is 0 Å². The third kappa shape index (κ3) is 0.731. The van der Waals surface area contributed by atoms with Gasteiger partial charge >= 0.3 is 0 Å². The lowest BCUT2D eigenvalue weighted by Crippen LogP contribution is -2.56. The van der Waals surface area contributed by atoms with Crippen LogP contribution in [0.25, 0.3) is 0 Å². The molecule has 0 amide bonds. The van der Waals surface area contributed by atoms with E-state index >= 15 is 0 Å². The topological polar surface area (TPSA) is 21.3 Å². The van der Waals surface area contributed by atoms with Crippen LogP contribution >= 0.6 is 0 Å². The van der Waals surface area contributed by atoms with Crippen LogP contribution in [0.2, 0.25) is 0 Å². The highest BCUT2D eigenvalue weighted by Gasteiger charge is 2.92. The molecule has 10 atom stereocenters. The number of benzene rings is 1. The summed E-state index contributed by atoms with van der Waals surface area (Å²) in [6, 6.07) is 10.8. The van der Waals surface area contributed by atoms with Gasteiger partial charge in [-0.2, -0.15) is 0 Å². The van der Waals surface area contributed by atoms with Crippen LogP contribution in [0.4, 0.5) is 0 Å². The molecule has 2 saturated heterocycles. The van der Waals surface area contributed by atoms with Crippen molar-refractivity contribution in [1.29, 1.82) is 0 Å². The van der Waals surface area contributed by atoms with Crippen LogP contribution in [0, 0.1) is 47.3 Å². The molecule has 4 bridgehead atoms. The molecule has 1 aromatic carbocycles. The van der Waals surface area contributed by atoms with Crippen LogP contribution in [-0.2, 0) is 11.3 Å². The smallest absolute Gasteiger partial charge is 0.126 e. The maximum absolute atomic E-state index is 6.67. The standard InChI is InChI=1S/C18H19NO/c1-2-4-8(5-3-1)7-19-18-15-10-6-9-11-12(10)16(18)14(11)17(20-18)13(9)15/h1-5,9-17,19H,6-7H2/t9-,10+,11-,12+,13-,14-,15-,16-,17-,18+/m1/s1. The number of ether oxygens (including phenoxy) is 1. The normalized spacial score (nSPS) is 64.7. The van der Waals surface area contributed by atoms with E-state index in [1.807, 2.05) is 0 Å². The van der Waals surface area contributed by atoms with E-state index < -0.39 is 0 Å². The average Bonchev–Trinajstić information content (AvgIpc) is 3.10. The Morgan fingerprint density at radius 1 is 1.00 bits per heavy atom. The summed E-state index contributed by atoms with van der Waals surface area (Å²) in [5.41, 5.74) is 1.49. The van der Waals surface area contributed by atoms with Gasteiger partial charge in [0, 0.05) is 18.4 Å². The second-order valence-electron chi connectivity index (χ2n) is 8.14. The van der Waals surface area contributed by atoms with E-state index in [1.165, 1.54) is 5.56 Å². The summed E-state index contributed by atoms with van der Waals surface area (Å²) in [7, 11) is 0. The summed E-state index contributed by atoms with van der Waals surface area (Å²) < 4.78 is 6.67. The maximum atomic E-state index is 6.67. The van der Waals surface area contributed by atoms with Crippen LogP contribution in [-0.4, -0.2) is 11.8 Å². The summed E-state index contributed by atoms with van der Waals surface area (Å²) in [4.78, 5) is 0. The number of hydrogen-bond acceptors (Lipinski definition) is 2. The molecule has 0 radical (unpaired) electrons. The molecule has 1 aromatic rings. The summed E-state index contributed by atoms with van der Waals surface area (Å²) in [5.74, 6) is 7.83. The highest BCUT2D eigenvalue weighted by molar-refractivity contribution is 5.38. The van der Waals surface area contributed by atoms with Crippen molar-refractivity contribution >= 4 is 0 Å². The van der Waals surface area contributed by atoms with Gasteiger partial charge < -0.3 is 4.74 Å². The highest BCUT2D eigenvalue weighted by atomic mass is 16.5. The molecule has 102 valence electrons. The van der Waals surface area contributed by atoms with Gasteiger partial charge in [-0.3, -0.25) is 5.32 Å². The molecule has 20 heavy (non-hydrogen) atoms. The minimum atomic E-state index is 0.0902. The fourth-order valence-electron chi connectivity index (χ4n) is 8.13. The van der Waals surface area contributed by atoms with Gasteiger partial charge in [0.1, 0.15) is 5.72 Å². The average molecular weight is 265 g/mol. The zero-order valence-electron chi connectivity index (χ0n) is 11.4. The van der Waals surface area contributed by atoms with Crippen molar-refractivity contribution in [1.82, 2.24) is 5.32 Å². The zero-order valence-corrected chi connectivity index (χ0v) is 11.4. The molecule has 7 fully saturated rings. The Kier molecular flexibility index (Phi) is 1.36. The van der Waals surface area contributed by atoms with Gasteiger partial charge in [-0.25, -0.2) is 0 Å². The third-order valence-electron chi connectivity index (χ3n) is 8.11. The predicted octanol–water partition coefficient (Wildman–Crippen LogP) is 2.26. The minimum absolute atomic E-state index is 0.0902. The summed E-state index contributed by atoms with van der Waals surface area (Å²) in [5, 5.41) is 3.92. The van der Waals surface area contributed by atoms with Crippen molar-refractivity contribution in [2.45, 2.75) is 24.8 Å².